The molecule has 0 saturated heterocycles. The number of unbranched alkanes of at least 4 members (excludes halogenated alkanes) is 2. The summed E-state index contributed by atoms with van der Waals surface area (Å²) in [7, 11) is 0. The van der Waals surface area contributed by atoms with Gasteiger partial charge in [0.1, 0.15) is 5.76 Å². The molecule has 0 aliphatic rings. The summed E-state index contributed by atoms with van der Waals surface area (Å²) in [6.45, 7) is 4.16. The summed E-state index contributed by atoms with van der Waals surface area (Å²) in [4.78, 5) is 0. The van der Waals surface area contributed by atoms with Crippen molar-refractivity contribution in [1.82, 2.24) is 5.32 Å². The lowest BCUT2D eigenvalue weighted by atomic mass is 10.3. The topological polar surface area (TPSA) is 25.2 Å². The van der Waals surface area contributed by atoms with E-state index in [2.05, 4.69) is 12.2 Å². The molecule has 1 heterocycles. The lowest BCUT2D eigenvalue weighted by Crippen LogP contribution is -2.16. The van der Waals surface area contributed by atoms with Crippen LogP contribution in [0.15, 0.2) is 22.8 Å². The van der Waals surface area contributed by atoms with Gasteiger partial charge < -0.3 is 9.73 Å². The van der Waals surface area contributed by atoms with Crippen LogP contribution in [0.1, 0.15) is 31.9 Å². The van der Waals surface area contributed by atoms with Crippen LogP contribution in [0.25, 0.3) is 0 Å². The molecule has 2 nitrogen and oxygen atoms in total. The predicted octanol–water partition coefficient (Wildman–Crippen LogP) is 3.29. The number of nitrogens with one attached hydrogen (secondary N) is 1. The standard InChI is InChI=1S/C12H21NOS/c1-2-3-4-9-15-10-7-13-11-12-6-5-8-14-12/h5-6,8,13H,2-4,7,9-11H2,1H3. The van der Waals surface area contributed by atoms with E-state index in [-0.39, 0.29) is 0 Å². The molecule has 0 unspecified atom stereocenters. The Labute approximate surface area is 96.8 Å². The second-order valence-electron chi connectivity index (χ2n) is 3.58. The maximum Gasteiger partial charge on any atom is 0.117 e. The Hall–Kier alpha value is -0.410. The molecule has 0 fully saturated rings. The molecule has 0 amide bonds. The molecule has 0 radical (unpaired) electrons. The fourth-order valence-electron chi connectivity index (χ4n) is 1.33. The summed E-state index contributed by atoms with van der Waals surface area (Å²) < 4.78 is 5.22. The third kappa shape index (κ3) is 6.63. The Bertz CT molecular complexity index is 224. The van der Waals surface area contributed by atoms with Crippen molar-refractivity contribution in [3.8, 4) is 0 Å². The average molecular weight is 227 g/mol. The molecule has 1 rings (SSSR count). The van der Waals surface area contributed by atoms with E-state index >= 15 is 0 Å². The fourth-order valence-corrected chi connectivity index (χ4v) is 2.23. The highest BCUT2D eigenvalue weighted by atomic mass is 32.2. The van der Waals surface area contributed by atoms with Gasteiger partial charge in [0.15, 0.2) is 0 Å². The van der Waals surface area contributed by atoms with E-state index in [4.69, 9.17) is 4.42 Å². The SMILES string of the molecule is CCCCCSCCNCc1ccco1. The van der Waals surface area contributed by atoms with E-state index in [1.54, 1.807) is 6.26 Å². The van der Waals surface area contributed by atoms with Crippen LogP contribution in [0, 0.1) is 0 Å². The second kappa shape index (κ2) is 8.86. The molecule has 0 aliphatic carbocycles. The van der Waals surface area contributed by atoms with Crippen molar-refractivity contribution in [3.05, 3.63) is 24.2 Å². The van der Waals surface area contributed by atoms with Gasteiger partial charge in [0, 0.05) is 12.3 Å². The van der Waals surface area contributed by atoms with Gasteiger partial charge in [-0.15, -0.1) is 0 Å². The largest absolute Gasteiger partial charge is 0.468 e. The van der Waals surface area contributed by atoms with E-state index in [1.165, 1.54) is 30.8 Å². The molecule has 0 aliphatic heterocycles. The first-order valence-corrected chi connectivity index (χ1v) is 6.89. The van der Waals surface area contributed by atoms with Gasteiger partial charge in [-0.05, 0) is 24.3 Å². The highest BCUT2D eigenvalue weighted by Crippen LogP contribution is 2.05. The van der Waals surface area contributed by atoms with Crippen LogP contribution >= 0.6 is 11.8 Å². The lowest BCUT2D eigenvalue weighted by molar-refractivity contribution is 0.488. The van der Waals surface area contributed by atoms with Crippen LogP contribution in [0.2, 0.25) is 0 Å². The molecule has 15 heavy (non-hydrogen) atoms. The molecule has 1 aromatic heterocycles. The fraction of sp³-hybridized carbons (Fsp3) is 0.667. The molecule has 0 bridgehead atoms. The summed E-state index contributed by atoms with van der Waals surface area (Å²) in [6.07, 6.45) is 5.76. The van der Waals surface area contributed by atoms with E-state index in [0.29, 0.717) is 0 Å². The Kier molecular flexibility index (Phi) is 7.48. The molecule has 0 spiro atoms. The highest BCUT2D eigenvalue weighted by molar-refractivity contribution is 7.99. The van der Waals surface area contributed by atoms with Crippen LogP contribution in [0.4, 0.5) is 0 Å². The Morgan fingerprint density at radius 3 is 3.00 bits per heavy atom. The maximum atomic E-state index is 5.22. The number of thioether (sulfide) groups is 1. The third-order valence-electron chi connectivity index (χ3n) is 2.19. The van der Waals surface area contributed by atoms with Gasteiger partial charge in [0.05, 0.1) is 12.8 Å². The van der Waals surface area contributed by atoms with Crippen molar-refractivity contribution in [1.29, 1.82) is 0 Å². The quantitative estimate of drug-likeness (QED) is 0.655. The third-order valence-corrected chi connectivity index (χ3v) is 3.26. The summed E-state index contributed by atoms with van der Waals surface area (Å²) in [5.74, 6) is 3.52. The zero-order valence-electron chi connectivity index (χ0n) is 9.50. The Morgan fingerprint density at radius 2 is 2.27 bits per heavy atom. The highest BCUT2D eigenvalue weighted by Gasteiger charge is 1.94. The molecule has 3 heteroatoms. The van der Waals surface area contributed by atoms with Crippen LogP contribution in [0.5, 0.6) is 0 Å². The van der Waals surface area contributed by atoms with Gasteiger partial charge in [0.2, 0.25) is 0 Å². The first kappa shape index (κ1) is 12.7. The molecule has 1 aromatic rings. The molecule has 0 atom stereocenters. The molecule has 0 aromatic carbocycles. The summed E-state index contributed by atoms with van der Waals surface area (Å²) in [5.41, 5.74) is 0. The summed E-state index contributed by atoms with van der Waals surface area (Å²) >= 11 is 2.04. The van der Waals surface area contributed by atoms with E-state index < -0.39 is 0 Å². The average Bonchev–Trinajstić information content (AvgIpc) is 2.75. The van der Waals surface area contributed by atoms with Crippen molar-refractivity contribution in [2.45, 2.75) is 32.7 Å². The maximum absolute atomic E-state index is 5.22. The Morgan fingerprint density at radius 1 is 1.33 bits per heavy atom. The molecule has 1 N–H and O–H groups in total. The summed E-state index contributed by atoms with van der Waals surface area (Å²) in [6, 6.07) is 3.93. The van der Waals surface area contributed by atoms with Crippen molar-refractivity contribution in [2.75, 3.05) is 18.1 Å². The van der Waals surface area contributed by atoms with Crippen molar-refractivity contribution in [3.63, 3.8) is 0 Å². The van der Waals surface area contributed by atoms with Crippen molar-refractivity contribution >= 4 is 11.8 Å². The van der Waals surface area contributed by atoms with Gasteiger partial charge in [-0.3, -0.25) is 0 Å². The van der Waals surface area contributed by atoms with Crippen LogP contribution in [-0.2, 0) is 6.54 Å². The van der Waals surface area contributed by atoms with Crippen LogP contribution < -0.4 is 5.32 Å². The van der Waals surface area contributed by atoms with Crippen LogP contribution in [0.3, 0.4) is 0 Å². The zero-order chi connectivity index (χ0) is 10.8. The molecular weight excluding hydrogens is 206 g/mol. The smallest absolute Gasteiger partial charge is 0.117 e. The Balaban J connectivity index is 1.81. The monoisotopic (exact) mass is 227 g/mol. The van der Waals surface area contributed by atoms with Crippen LogP contribution in [-0.4, -0.2) is 18.1 Å². The van der Waals surface area contributed by atoms with Gasteiger partial charge >= 0.3 is 0 Å². The minimum absolute atomic E-state index is 0.850. The van der Waals surface area contributed by atoms with Crippen molar-refractivity contribution < 1.29 is 4.42 Å². The molecule has 86 valence electrons. The first-order chi connectivity index (χ1) is 7.43. The minimum Gasteiger partial charge on any atom is -0.468 e. The first-order valence-electron chi connectivity index (χ1n) is 5.74. The second-order valence-corrected chi connectivity index (χ2v) is 4.80. The lowest BCUT2D eigenvalue weighted by Gasteiger charge is -2.02. The summed E-state index contributed by atoms with van der Waals surface area (Å²) in [5, 5.41) is 3.36. The number of hydrogen-bond acceptors (Lipinski definition) is 3. The number of furan rings is 1. The van der Waals surface area contributed by atoms with Gasteiger partial charge in [-0.25, -0.2) is 0 Å². The van der Waals surface area contributed by atoms with Gasteiger partial charge in [0.25, 0.3) is 0 Å². The normalized spacial score (nSPS) is 10.7. The van der Waals surface area contributed by atoms with E-state index in [9.17, 15) is 0 Å². The molecular formula is C12H21NOS. The predicted molar refractivity (Wildman–Crippen MR) is 67.3 cm³/mol. The molecule has 0 saturated carbocycles. The zero-order valence-corrected chi connectivity index (χ0v) is 10.3. The number of hydrogen-bond donors (Lipinski definition) is 1. The van der Waals surface area contributed by atoms with E-state index in [0.717, 1.165) is 18.8 Å². The van der Waals surface area contributed by atoms with Crippen molar-refractivity contribution in [2.24, 2.45) is 0 Å². The van der Waals surface area contributed by atoms with Gasteiger partial charge in [-0.2, -0.15) is 11.8 Å². The number of rotatable bonds is 9. The van der Waals surface area contributed by atoms with E-state index in [1.807, 2.05) is 23.9 Å². The van der Waals surface area contributed by atoms with Gasteiger partial charge in [-0.1, -0.05) is 19.8 Å². The minimum atomic E-state index is 0.850.